The maximum Gasteiger partial charge on any atom is 0.317 e. The number of hydrogen-bond donors (Lipinski definition) is 1. The summed E-state index contributed by atoms with van der Waals surface area (Å²) in [6.07, 6.45) is 1.10. The maximum absolute atomic E-state index is 10.9. The second-order valence-electron chi connectivity index (χ2n) is 3.18. The molecule has 0 aliphatic carbocycles. The van der Waals surface area contributed by atoms with Crippen LogP contribution in [0.1, 0.15) is 17.5 Å². The molecule has 0 aliphatic rings. The molecular formula is C12H12O4. The standard InChI is InChI=1S/C12H12O4/c1-2-9-3-5-10(6-4-9)8-16-12(15)7-11(13)14/h2-6H,1,7-8H2,(H,13,14). The van der Waals surface area contributed by atoms with Gasteiger partial charge in [-0.15, -0.1) is 0 Å². The van der Waals surface area contributed by atoms with Gasteiger partial charge in [0, 0.05) is 0 Å². The van der Waals surface area contributed by atoms with Crippen molar-refractivity contribution >= 4 is 18.0 Å². The van der Waals surface area contributed by atoms with Crippen LogP contribution in [-0.4, -0.2) is 17.0 Å². The van der Waals surface area contributed by atoms with E-state index >= 15 is 0 Å². The molecule has 0 spiro atoms. The van der Waals surface area contributed by atoms with Crippen LogP contribution in [0.4, 0.5) is 0 Å². The summed E-state index contributed by atoms with van der Waals surface area (Å²) >= 11 is 0. The van der Waals surface area contributed by atoms with Crippen molar-refractivity contribution in [1.29, 1.82) is 0 Å². The highest BCUT2D eigenvalue weighted by Gasteiger charge is 2.08. The first-order chi connectivity index (χ1) is 7.61. The van der Waals surface area contributed by atoms with Gasteiger partial charge in [0.2, 0.25) is 0 Å². The minimum absolute atomic E-state index is 0.0868. The molecule has 0 radical (unpaired) electrons. The van der Waals surface area contributed by atoms with E-state index in [9.17, 15) is 9.59 Å². The zero-order chi connectivity index (χ0) is 12.0. The number of carbonyl (C=O) groups excluding carboxylic acids is 1. The molecule has 84 valence electrons. The fourth-order valence-electron chi connectivity index (χ4n) is 1.09. The summed E-state index contributed by atoms with van der Waals surface area (Å²) in [6.45, 7) is 3.70. The van der Waals surface area contributed by atoms with Gasteiger partial charge in [0.25, 0.3) is 0 Å². The number of carbonyl (C=O) groups is 2. The quantitative estimate of drug-likeness (QED) is 0.607. The largest absolute Gasteiger partial charge is 0.481 e. The van der Waals surface area contributed by atoms with Gasteiger partial charge in [-0.2, -0.15) is 0 Å². The first kappa shape index (κ1) is 12.0. The minimum Gasteiger partial charge on any atom is -0.481 e. The lowest BCUT2D eigenvalue weighted by atomic mass is 10.1. The Bertz CT molecular complexity index is 392. The van der Waals surface area contributed by atoms with E-state index in [1.807, 2.05) is 12.1 Å². The Hall–Kier alpha value is -2.10. The molecule has 0 aliphatic heterocycles. The molecule has 0 saturated carbocycles. The molecule has 0 amide bonds. The highest BCUT2D eigenvalue weighted by atomic mass is 16.5. The van der Waals surface area contributed by atoms with Gasteiger partial charge in [0.1, 0.15) is 13.0 Å². The van der Waals surface area contributed by atoms with Gasteiger partial charge < -0.3 is 9.84 Å². The van der Waals surface area contributed by atoms with E-state index < -0.39 is 18.4 Å². The first-order valence-corrected chi connectivity index (χ1v) is 4.70. The van der Waals surface area contributed by atoms with Crippen LogP contribution in [0.2, 0.25) is 0 Å². The Kier molecular flexibility index (Phi) is 4.27. The number of ether oxygens (including phenoxy) is 1. The van der Waals surface area contributed by atoms with Crippen LogP contribution in [-0.2, 0) is 20.9 Å². The number of esters is 1. The number of hydrogen-bond acceptors (Lipinski definition) is 3. The Morgan fingerprint density at radius 3 is 2.44 bits per heavy atom. The SMILES string of the molecule is C=Cc1ccc(COC(=O)CC(=O)O)cc1. The zero-order valence-corrected chi connectivity index (χ0v) is 8.68. The van der Waals surface area contributed by atoms with Crippen molar-refractivity contribution in [1.82, 2.24) is 0 Å². The van der Waals surface area contributed by atoms with Crippen LogP contribution in [0.3, 0.4) is 0 Å². The molecule has 1 aromatic rings. The number of aliphatic carboxylic acids is 1. The van der Waals surface area contributed by atoms with Gasteiger partial charge >= 0.3 is 11.9 Å². The predicted molar refractivity (Wildman–Crippen MR) is 58.6 cm³/mol. The number of benzene rings is 1. The molecule has 0 heterocycles. The van der Waals surface area contributed by atoms with E-state index in [1.54, 1.807) is 18.2 Å². The summed E-state index contributed by atoms with van der Waals surface area (Å²) in [5.74, 6) is -1.92. The van der Waals surface area contributed by atoms with E-state index in [4.69, 9.17) is 9.84 Å². The van der Waals surface area contributed by atoms with Gasteiger partial charge in [-0.05, 0) is 11.1 Å². The number of carboxylic acid groups (broad SMARTS) is 1. The van der Waals surface area contributed by atoms with Crippen molar-refractivity contribution in [2.75, 3.05) is 0 Å². The Morgan fingerprint density at radius 1 is 1.31 bits per heavy atom. The molecule has 0 unspecified atom stereocenters. The molecule has 1 N–H and O–H groups in total. The molecule has 16 heavy (non-hydrogen) atoms. The lowest BCUT2D eigenvalue weighted by Gasteiger charge is -2.03. The van der Waals surface area contributed by atoms with E-state index in [0.29, 0.717) is 0 Å². The molecule has 1 rings (SSSR count). The van der Waals surface area contributed by atoms with Crippen LogP contribution >= 0.6 is 0 Å². The monoisotopic (exact) mass is 220 g/mol. The summed E-state index contributed by atoms with van der Waals surface area (Å²) in [5, 5.41) is 8.34. The van der Waals surface area contributed by atoms with Gasteiger partial charge in [-0.1, -0.05) is 36.9 Å². The van der Waals surface area contributed by atoms with Crippen LogP contribution < -0.4 is 0 Å². The molecule has 0 fully saturated rings. The summed E-state index contributed by atoms with van der Waals surface area (Å²) in [7, 11) is 0. The Labute approximate surface area is 93.2 Å². The van der Waals surface area contributed by atoms with Gasteiger partial charge in [0.05, 0.1) is 0 Å². The normalized spacial score (nSPS) is 9.50. The van der Waals surface area contributed by atoms with Crippen molar-refractivity contribution in [2.24, 2.45) is 0 Å². The summed E-state index contributed by atoms with van der Waals surface area (Å²) in [4.78, 5) is 21.1. The number of carboxylic acids is 1. The predicted octanol–water partition coefficient (Wildman–Crippen LogP) is 1.85. The van der Waals surface area contributed by atoms with Crippen molar-refractivity contribution < 1.29 is 19.4 Å². The highest BCUT2D eigenvalue weighted by Crippen LogP contribution is 2.07. The molecule has 0 atom stereocenters. The van der Waals surface area contributed by atoms with Crippen LogP contribution in [0.25, 0.3) is 6.08 Å². The second-order valence-corrected chi connectivity index (χ2v) is 3.18. The average Bonchev–Trinajstić information content (AvgIpc) is 2.26. The van der Waals surface area contributed by atoms with Crippen molar-refractivity contribution in [3.05, 3.63) is 42.0 Å². The smallest absolute Gasteiger partial charge is 0.317 e. The fraction of sp³-hybridized carbons (Fsp3) is 0.167. The molecule has 0 aromatic heterocycles. The third-order valence-electron chi connectivity index (χ3n) is 1.91. The molecule has 0 bridgehead atoms. The lowest BCUT2D eigenvalue weighted by Crippen LogP contribution is -2.10. The van der Waals surface area contributed by atoms with E-state index in [0.717, 1.165) is 11.1 Å². The van der Waals surface area contributed by atoms with E-state index in [1.165, 1.54) is 0 Å². The van der Waals surface area contributed by atoms with Crippen LogP contribution in [0, 0.1) is 0 Å². The van der Waals surface area contributed by atoms with E-state index in [2.05, 4.69) is 6.58 Å². The van der Waals surface area contributed by atoms with Crippen molar-refractivity contribution in [2.45, 2.75) is 13.0 Å². The van der Waals surface area contributed by atoms with Crippen LogP contribution in [0.5, 0.6) is 0 Å². The highest BCUT2D eigenvalue weighted by molar-refractivity contribution is 5.90. The zero-order valence-electron chi connectivity index (χ0n) is 8.68. The van der Waals surface area contributed by atoms with Crippen molar-refractivity contribution in [3.63, 3.8) is 0 Å². The molecule has 0 saturated heterocycles. The molecule has 1 aromatic carbocycles. The third kappa shape index (κ3) is 3.96. The fourth-order valence-corrected chi connectivity index (χ4v) is 1.09. The average molecular weight is 220 g/mol. The third-order valence-corrected chi connectivity index (χ3v) is 1.91. The van der Waals surface area contributed by atoms with Crippen LogP contribution in [0.15, 0.2) is 30.8 Å². The van der Waals surface area contributed by atoms with Gasteiger partial charge in [-0.3, -0.25) is 9.59 Å². The minimum atomic E-state index is -1.19. The van der Waals surface area contributed by atoms with Gasteiger partial charge in [0.15, 0.2) is 0 Å². The lowest BCUT2D eigenvalue weighted by molar-refractivity contribution is -0.152. The molecule has 4 nitrogen and oxygen atoms in total. The Morgan fingerprint density at radius 2 is 1.94 bits per heavy atom. The topological polar surface area (TPSA) is 63.6 Å². The maximum atomic E-state index is 10.9. The molecular weight excluding hydrogens is 208 g/mol. The summed E-state index contributed by atoms with van der Waals surface area (Å²) in [6, 6.07) is 7.27. The number of rotatable bonds is 5. The Balaban J connectivity index is 2.45. The second kappa shape index (κ2) is 5.70. The summed E-state index contributed by atoms with van der Waals surface area (Å²) < 4.78 is 4.77. The van der Waals surface area contributed by atoms with E-state index in [-0.39, 0.29) is 6.61 Å². The van der Waals surface area contributed by atoms with Gasteiger partial charge in [-0.25, -0.2) is 0 Å². The molecule has 4 heteroatoms. The summed E-state index contributed by atoms with van der Waals surface area (Å²) in [5.41, 5.74) is 1.78. The van der Waals surface area contributed by atoms with Crippen molar-refractivity contribution in [3.8, 4) is 0 Å². The first-order valence-electron chi connectivity index (χ1n) is 4.70.